The Hall–Kier alpha value is -3.49. The van der Waals surface area contributed by atoms with Crippen LogP contribution in [0, 0.1) is 5.92 Å². The highest BCUT2D eigenvalue weighted by Crippen LogP contribution is 2.40. The molecule has 0 aliphatic carbocycles. The summed E-state index contributed by atoms with van der Waals surface area (Å²) in [6.07, 6.45) is 0. The molecule has 0 saturated carbocycles. The van der Waals surface area contributed by atoms with Crippen LogP contribution in [0.3, 0.4) is 0 Å². The Labute approximate surface area is 173 Å². The van der Waals surface area contributed by atoms with Crippen molar-refractivity contribution in [3.05, 3.63) is 47.3 Å². The Morgan fingerprint density at radius 1 is 1.03 bits per heavy atom. The first-order chi connectivity index (χ1) is 14.3. The van der Waals surface area contributed by atoms with Gasteiger partial charge in [0.2, 0.25) is 17.7 Å². The third kappa shape index (κ3) is 3.70. The minimum Gasteiger partial charge on any atom is -0.465 e. The van der Waals surface area contributed by atoms with E-state index in [1.165, 1.54) is 23.6 Å². The van der Waals surface area contributed by atoms with Gasteiger partial charge in [0.25, 0.3) is 5.91 Å². The molecular formula is C21H23N3O6. The van der Waals surface area contributed by atoms with Gasteiger partial charge in [0.15, 0.2) is 0 Å². The maximum Gasteiger partial charge on any atom is 0.319 e. The number of nitrogens with one attached hydrogen (secondary N) is 1. The van der Waals surface area contributed by atoms with E-state index in [1.807, 2.05) is 0 Å². The van der Waals surface area contributed by atoms with Crippen LogP contribution >= 0.6 is 0 Å². The van der Waals surface area contributed by atoms with E-state index in [2.05, 4.69) is 5.32 Å². The van der Waals surface area contributed by atoms with Crippen molar-refractivity contribution in [3.63, 3.8) is 0 Å². The van der Waals surface area contributed by atoms with Crippen molar-refractivity contribution in [1.82, 2.24) is 15.1 Å². The second-order valence-electron chi connectivity index (χ2n) is 7.02. The van der Waals surface area contributed by atoms with Crippen LogP contribution < -0.4 is 5.32 Å². The molecular weight excluding hydrogens is 390 g/mol. The van der Waals surface area contributed by atoms with Crippen LogP contribution in [-0.4, -0.2) is 59.1 Å². The molecule has 1 aromatic carbocycles. The normalized spacial score (nSPS) is 21.6. The van der Waals surface area contributed by atoms with Gasteiger partial charge in [0.1, 0.15) is 11.7 Å². The molecule has 2 atom stereocenters. The number of nitrogens with zero attached hydrogens (tertiary/aromatic N) is 2. The van der Waals surface area contributed by atoms with Crippen molar-refractivity contribution < 1.29 is 28.7 Å². The van der Waals surface area contributed by atoms with Crippen LogP contribution in [0.25, 0.3) is 0 Å². The Morgan fingerprint density at radius 3 is 2.10 bits per heavy atom. The lowest BCUT2D eigenvalue weighted by Gasteiger charge is -2.34. The number of carbonyl (C=O) groups excluding carboxylic acids is 5. The van der Waals surface area contributed by atoms with Crippen LogP contribution in [0.15, 0.2) is 41.7 Å². The molecule has 2 saturated heterocycles. The van der Waals surface area contributed by atoms with E-state index >= 15 is 0 Å². The van der Waals surface area contributed by atoms with Gasteiger partial charge in [0, 0.05) is 32.9 Å². The van der Waals surface area contributed by atoms with E-state index in [1.54, 1.807) is 37.3 Å². The van der Waals surface area contributed by atoms with E-state index in [0.717, 1.165) is 0 Å². The number of hydrogen-bond acceptors (Lipinski definition) is 6. The number of esters is 1. The first-order valence-electron chi connectivity index (χ1n) is 9.65. The van der Waals surface area contributed by atoms with Gasteiger partial charge in [-0.1, -0.05) is 30.3 Å². The summed E-state index contributed by atoms with van der Waals surface area (Å²) in [7, 11) is 0. The van der Waals surface area contributed by atoms with Gasteiger partial charge in [-0.15, -0.1) is 0 Å². The zero-order valence-electron chi connectivity index (χ0n) is 17.0. The third-order valence-corrected chi connectivity index (χ3v) is 5.17. The number of amides is 4. The van der Waals surface area contributed by atoms with E-state index in [0.29, 0.717) is 5.56 Å². The van der Waals surface area contributed by atoms with Gasteiger partial charge in [-0.05, 0) is 12.5 Å². The highest BCUT2D eigenvalue weighted by molar-refractivity contribution is 6.16. The first kappa shape index (κ1) is 21.2. The minimum absolute atomic E-state index is 0.0155. The smallest absolute Gasteiger partial charge is 0.319 e. The molecule has 2 aliphatic rings. The van der Waals surface area contributed by atoms with E-state index in [-0.39, 0.29) is 42.9 Å². The monoisotopic (exact) mass is 413 g/mol. The van der Waals surface area contributed by atoms with E-state index in [9.17, 15) is 24.0 Å². The molecule has 0 bridgehead atoms. The molecule has 2 fully saturated rings. The van der Waals surface area contributed by atoms with E-state index in [4.69, 9.17) is 4.74 Å². The molecule has 0 spiro atoms. The van der Waals surface area contributed by atoms with Crippen LogP contribution in [-0.2, 0) is 28.7 Å². The van der Waals surface area contributed by atoms with Gasteiger partial charge < -0.3 is 4.74 Å². The SMILES string of the molecule is CCOC(=O)[C@@H]1C(=O)NC(=O)C(=C2N(C(C)=O)CCN2C(C)=O)[C@H]1c1ccccc1. The van der Waals surface area contributed by atoms with Crippen LogP contribution in [0.2, 0.25) is 0 Å². The standard InChI is InChI=1S/C21H23N3O6/c1-4-30-21(29)17-15(14-8-6-5-7-9-14)16(18(27)22-19(17)28)20-23(12(2)25)10-11-24(20)13(3)26/h5-9,15,17H,4,10-11H2,1-3H3,(H,22,27,28)/t15-,17+/m1/s1. The molecule has 1 N–H and O–H groups in total. The highest BCUT2D eigenvalue weighted by atomic mass is 16.5. The number of piperidine rings is 1. The number of hydrogen-bond donors (Lipinski definition) is 1. The summed E-state index contributed by atoms with van der Waals surface area (Å²) in [5.74, 6) is -5.27. The van der Waals surface area contributed by atoms with Crippen molar-refractivity contribution >= 4 is 29.6 Å². The van der Waals surface area contributed by atoms with Gasteiger partial charge in [-0.2, -0.15) is 0 Å². The van der Waals surface area contributed by atoms with Gasteiger partial charge in [-0.25, -0.2) is 0 Å². The van der Waals surface area contributed by atoms with Crippen molar-refractivity contribution in [2.45, 2.75) is 26.7 Å². The minimum atomic E-state index is -1.34. The Morgan fingerprint density at radius 2 is 1.60 bits per heavy atom. The van der Waals surface area contributed by atoms with Crippen LogP contribution in [0.5, 0.6) is 0 Å². The van der Waals surface area contributed by atoms with Crippen molar-refractivity contribution in [1.29, 1.82) is 0 Å². The summed E-state index contributed by atoms with van der Waals surface area (Å²) in [5, 5.41) is 2.20. The fraction of sp³-hybridized carbons (Fsp3) is 0.381. The molecule has 2 heterocycles. The highest BCUT2D eigenvalue weighted by Gasteiger charge is 2.49. The number of rotatable bonds is 3. The largest absolute Gasteiger partial charge is 0.465 e. The maximum atomic E-state index is 13.0. The molecule has 1 aromatic rings. The summed E-state index contributed by atoms with van der Waals surface area (Å²) in [4.78, 5) is 65.6. The molecule has 3 rings (SSSR count). The summed E-state index contributed by atoms with van der Waals surface area (Å²) < 4.78 is 5.10. The average Bonchev–Trinajstić information content (AvgIpc) is 3.13. The lowest BCUT2D eigenvalue weighted by Crippen LogP contribution is -2.51. The predicted octanol–water partition coefficient (Wildman–Crippen LogP) is 0.528. The van der Waals surface area contributed by atoms with Gasteiger partial charge in [-0.3, -0.25) is 39.1 Å². The molecule has 9 heteroatoms. The number of carbonyl (C=O) groups is 5. The summed E-state index contributed by atoms with van der Waals surface area (Å²) >= 11 is 0. The van der Waals surface area contributed by atoms with Crippen LogP contribution in [0.4, 0.5) is 0 Å². The second kappa shape index (κ2) is 8.48. The lowest BCUT2D eigenvalue weighted by molar-refractivity contribution is -0.154. The summed E-state index contributed by atoms with van der Waals surface area (Å²) in [6, 6.07) is 8.58. The van der Waals surface area contributed by atoms with Gasteiger partial charge in [0.05, 0.1) is 12.2 Å². The fourth-order valence-electron chi connectivity index (χ4n) is 3.91. The number of ether oxygens (including phenoxy) is 1. The third-order valence-electron chi connectivity index (χ3n) is 5.17. The van der Waals surface area contributed by atoms with E-state index < -0.39 is 29.6 Å². The molecule has 0 aromatic heterocycles. The van der Waals surface area contributed by atoms with Crippen molar-refractivity contribution in [2.24, 2.45) is 5.92 Å². The van der Waals surface area contributed by atoms with Crippen LogP contribution in [0.1, 0.15) is 32.3 Å². The van der Waals surface area contributed by atoms with Gasteiger partial charge >= 0.3 is 5.97 Å². The van der Waals surface area contributed by atoms with Crippen molar-refractivity contribution in [2.75, 3.05) is 19.7 Å². The maximum absolute atomic E-state index is 13.0. The Balaban J connectivity index is 2.30. The molecule has 0 unspecified atom stereocenters. The first-order valence-corrected chi connectivity index (χ1v) is 9.65. The fourth-order valence-corrected chi connectivity index (χ4v) is 3.91. The zero-order valence-corrected chi connectivity index (χ0v) is 17.0. The predicted molar refractivity (Wildman–Crippen MR) is 104 cm³/mol. The summed E-state index contributed by atoms with van der Waals surface area (Å²) in [5.41, 5.74) is 0.543. The molecule has 2 aliphatic heterocycles. The second-order valence-corrected chi connectivity index (χ2v) is 7.02. The molecule has 30 heavy (non-hydrogen) atoms. The Kier molecular flexibility index (Phi) is 6.00. The number of imide groups is 1. The Bertz CT molecular complexity index is 915. The molecule has 9 nitrogen and oxygen atoms in total. The van der Waals surface area contributed by atoms with Crippen molar-refractivity contribution in [3.8, 4) is 0 Å². The lowest BCUT2D eigenvalue weighted by atomic mass is 9.76. The average molecular weight is 413 g/mol. The molecule has 4 amide bonds. The molecule has 0 radical (unpaired) electrons. The summed E-state index contributed by atoms with van der Waals surface area (Å²) in [6.45, 7) is 4.75. The quantitative estimate of drug-likeness (QED) is 0.335. The number of benzene rings is 1. The molecule has 158 valence electrons. The zero-order chi connectivity index (χ0) is 22.0. The topological polar surface area (TPSA) is 113 Å².